The number of aromatic nitrogens is 1. The Balaban J connectivity index is 1.50. The highest BCUT2D eigenvalue weighted by atomic mass is 35.5. The van der Waals surface area contributed by atoms with Crippen molar-refractivity contribution in [2.24, 2.45) is 0 Å². The molecule has 1 aliphatic rings. The number of carbonyl (C=O) groups excluding carboxylic acids is 2. The second kappa shape index (κ2) is 11.8. The van der Waals surface area contributed by atoms with Gasteiger partial charge in [0.2, 0.25) is 0 Å². The average Bonchev–Trinajstić information content (AvgIpc) is 2.80. The molecule has 0 radical (unpaired) electrons. The molecule has 0 aliphatic carbocycles. The molecule has 170 valence electrons. The van der Waals surface area contributed by atoms with Crippen LogP contribution in [0.1, 0.15) is 31.7 Å². The van der Waals surface area contributed by atoms with Crippen molar-refractivity contribution >= 4 is 47.0 Å². The predicted molar refractivity (Wildman–Crippen MR) is 121 cm³/mol. The van der Waals surface area contributed by atoms with Crippen molar-refractivity contribution in [1.82, 2.24) is 10.5 Å². The zero-order valence-electron chi connectivity index (χ0n) is 17.3. The van der Waals surface area contributed by atoms with Crippen molar-refractivity contribution in [2.45, 2.75) is 38.5 Å². The van der Waals surface area contributed by atoms with Gasteiger partial charge in [-0.15, -0.1) is 0 Å². The van der Waals surface area contributed by atoms with E-state index in [4.69, 9.17) is 37.5 Å². The number of benzene rings is 1. The lowest BCUT2D eigenvalue weighted by Gasteiger charge is -2.21. The van der Waals surface area contributed by atoms with Crippen LogP contribution in [0.5, 0.6) is 5.75 Å². The first-order chi connectivity index (χ1) is 15.4. The van der Waals surface area contributed by atoms with Gasteiger partial charge < -0.3 is 14.8 Å². The van der Waals surface area contributed by atoms with Crippen LogP contribution in [0, 0.1) is 0 Å². The highest BCUT2D eigenvalue weighted by Crippen LogP contribution is 2.22. The van der Waals surface area contributed by atoms with E-state index in [0.717, 1.165) is 19.3 Å². The average molecular weight is 480 g/mol. The van der Waals surface area contributed by atoms with E-state index in [1.54, 1.807) is 43.3 Å². The van der Waals surface area contributed by atoms with Gasteiger partial charge in [-0.3, -0.25) is 4.79 Å². The summed E-state index contributed by atoms with van der Waals surface area (Å²) in [4.78, 5) is 33.6. The third-order valence-corrected chi connectivity index (χ3v) is 5.00. The van der Waals surface area contributed by atoms with Crippen LogP contribution in [0.15, 0.2) is 42.6 Å². The maximum absolute atomic E-state index is 12.3. The molecular weight excluding hydrogens is 457 g/mol. The molecule has 8 nitrogen and oxygen atoms in total. The van der Waals surface area contributed by atoms with E-state index in [1.807, 2.05) is 0 Å². The zero-order valence-corrected chi connectivity index (χ0v) is 18.9. The van der Waals surface area contributed by atoms with Gasteiger partial charge in [-0.1, -0.05) is 23.2 Å². The van der Waals surface area contributed by atoms with Gasteiger partial charge in [0.25, 0.3) is 5.91 Å². The van der Waals surface area contributed by atoms with E-state index >= 15 is 0 Å². The Bertz CT molecular complexity index is 963. The molecule has 1 unspecified atom stereocenters. The molecule has 1 aliphatic heterocycles. The molecule has 2 atom stereocenters. The van der Waals surface area contributed by atoms with Crippen molar-refractivity contribution in [3.05, 3.63) is 58.2 Å². The summed E-state index contributed by atoms with van der Waals surface area (Å²) >= 11 is 12.1. The molecule has 0 spiro atoms. The first kappa shape index (κ1) is 24.0. The highest BCUT2D eigenvalue weighted by Gasteiger charge is 2.18. The van der Waals surface area contributed by atoms with Crippen LogP contribution >= 0.6 is 23.2 Å². The van der Waals surface area contributed by atoms with E-state index < -0.39 is 24.2 Å². The maximum atomic E-state index is 12.3. The monoisotopic (exact) mass is 479 g/mol. The fourth-order valence-corrected chi connectivity index (χ4v) is 3.11. The Kier molecular flexibility index (Phi) is 8.87. The summed E-state index contributed by atoms with van der Waals surface area (Å²) < 4.78 is 10.7. The van der Waals surface area contributed by atoms with E-state index in [0.29, 0.717) is 28.8 Å². The number of hydroxylamine groups is 1. The van der Waals surface area contributed by atoms with Crippen LogP contribution in [0.2, 0.25) is 10.0 Å². The standard InChI is InChI=1S/C22H23Cl2N3O5/c1-14(22(29)31-17-8-6-16(23)7-9-17)26-21-18(24)12-15(13-25-21)5-10-19(28)27-32-20-4-2-3-11-30-20/h5-10,12-14,20H,2-4,11H2,1H3,(H,25,26)(H,27,28)/t14-,20?/m1/s1. The second-order valence-corrected chi connectivity index (χ2v) is 7.90. The Morgan fingerprint density at radius 1 is 1.25 bits per heavy atom. The van der Waals surface area contributed by atoms with Gasteiger partial charge in [0.1, 0.15) is 17.6 Å². The molecule has 1 fully saturated rings. The lowest BCUT2D eigenvalue weighted by molar-refractivity contribution is -0.198. The van der Waals surface area contributed by atoms with E-state index in [2.05, 4.69) is 15.8 Å². The lowest BCUT2D eigenvalue weighted by atomic mass is 10.2. The minimum absolute atomic E-state index is 0.283. The number of anilines is 1. The SMILES string of the molecule is C[C@@H](Nc1ncc(C=CC(=O)NOC2CCCCO2)cc1Cl)C(=O)Oc1ccc(Cl)cc1. The quantitative estimate of drug-likeness (QED) is 0.250. The number of pyridine rings is 1. The summed E-state index contributed by atoms with van der Waals surface area (Å²) in [6.45, 7) is 2.25. The van der Waals surface area contributed by atoms with Gasteiger partial charge >= 0.3 is 5.97 Å². The van der Waals surface area contributed by atoms with Crippen LogP contribution < -0.4 is 15.5 Å². The normalized spacial score (nSPS) is 17.0. The minimum Gasteiger partial charge on any atom is -0.425 e. The van der Waals surface area contributed by atoms with Crippen LogP contribution in [0.25, 0.3) is 6.08 Å². The molecule has 1 amide bonds. The van der Waals surface area contributed by atoms with Gasteiger partial charge in [0.05, 0.1) is 5.02 Å². The summed E-state index contributed by atoms with van der Waals surface area (Å²) in [7, 11) is 0. The van der Waals surface area contributed by atoms with Crippen LogP contribution in [-0.4, -0.2) is 35.8 Å². The topological polar surface area (TPSA) is 98.8 Å². The summed E-state index contributed by atoms with van der Waals surface area (Å²) in [5, 5.41) is 3.74. The van der Waals surface area contributed by atoms with Crippen LogP contribution in [0.3, 0.4) is 0 Å². The van der Waals surface area contributed by atoms with Crippen molar-refractivity contribution in [2.75, 3.05) is 11.9 Å². The van der Waals surface area contributed by atoms with Gasteiger partial charge in [0, 0.05) is 30.3 Å². The van der Waals surface area contributed by atoms with Crippen molar-refractivity contribution in [3.63, 3.8) is 0 Å². The largest absolute Gasteiger partial charge is 0.425 e. The molecule has 2 aromatic rings. The summed E-state index contributed by atoms with van der Waals surface area (Å²) in [5.41, 5.74) is 2.93. The molecule has 2 heterocycles. The highest BCUT2D eigenvalue weighted by molar-refractivity contribution is 6.33. The molecule has 1 saturated heterocycles. The molecule has 2 N–H and O–H groups in total. The Labute approximate surface area is 195 Å². The van der Waals surface area contributed by atoms with E-state index in [1.165, 1.54) is 12.3 Å². The number of nitrogens with one attached hydrogen (secondary N) is 2. The van der Waals surface area contributed by atoms with Crippen molar-refractivity contribution in [3.8, 4) is 5.75 Å². The minimum atomic E-state index is -0.706. The fraction of sp³-hybridized carbons (Fsp3) is 0.318. The molecule has 1 aromatic heterocycles. The number of rotatable bonds is 8. The number of esters is 1. The van der Waals surface area contributed by atoms with Crippen LogP contribution in [-0.2, 0) is 19.2 Å². The maximum Gasteiger partial charge on any atom is 0.333 e. The first-order valence-electron chi connectivity index (χ1n) is 10.1. The molecule has 0 bridgehead atoms. The number of carbonyl (C=O) groups is 2. The predicted octanol–water partition coefficient (Wildman–Crippen LogP) is 4.38. The summed E-state index contributed by atoms with van der Waals surface area (Å²) in [6.07, 6.45) is 6.67. The van der Waals surface area contributed by atoms with Gasteiger partial charge in [-0.05, 0) is 61.7 Å². The summed E-state index contributed by atoms with van der Waals surface area (Å²) in [5.74, 6) is -0.250. The number of hydrogen-bond donors (Lipinski definition) is 2. The molecular formula is C22H23Cl2N3O5. The first-order valence-corrected chi connectivity index (χ1v) is 10.8. The Hall–Kier alpha value is -2.65. The lowest BCUT2D eigenvalue weighted by Crippen LogP contribution is -2.32. The second-order valence-electron chi connectivity index (χ2n) is 7.05. The molecule has 10 heteroatoms. The van der Waals surface area contributed by atoms with Crippen molar-refractivity contribution < 1.29 is 23.9 Å². The number of amides is 1. The van der Waals surface area contributed by atoms with Crippen molar-refractivity contribution in [1.29, 1.82) is 0 Å². The Morgan fingerprint density at radius 3 is 2.72 bits per heavy atom. The third-order valence-electron chi connectivity index (χ3n) is 4.46. The summed E-state index contributed by atoms with van der Waals surface area (Å²) in [6, 6.07) is 7.36. The number of halogens is 2. The third kappa shape index (κ3) is 7.49. The van der Waals surface area contributed by atoms with Gasteiger partial charge in [0.15, 0.2) is 6.29 Å². The molecule has 3 rings (SSSR count). The van der Waals surface area contributed by atoms with Crippen LogP contribution in [0.4, 0.5) is 5.82 Å². The van der Waals surface area contributed by atoms with Gasteiger partial charge in [-0.25, -0.2) is 20.1 Å². The molecule has 32 heavy (non-hydrogen) atoms. The zero-order chi connectivity index (χ0) is 22.9. The fourth-order valence-electron chi connectivity index (χ4n) is 2.76. The number of ether oxygens (including phenoxy) is 2. The Morgan fingerprint density at radius 2 is 2.03 bits per heavy atom. The smallest absolute Gasteiger partial charge is 0.333 e. The molecule has 1 aromatic carbocycles. The van der Waals surface area contributed by atoms with E-state index in [9.17, 15) is 9.59 Å². The van der Waals surface area contributed by atoms with E-state index in [-0.39, 0.29) is 5.02 Å². The van der Waals surface area contributed by atoms with Gasteiger partial charge in [-0.2, -0.15) is 0 Å². The number of nitrogens with zero attached hydrogens (tertiary/aromatic N) is 1. The molecule has 0 saturated carbocycles. The number of hydrogen-bond acceptors (Lipinski definition) is 7.